The van der Waals surface area contributed by atoms with E-state index in [0.717, 1.165) is 18.4 Å². The van der Waals surface area contributed by atoms with Crippen LogP contribution in [0.4, 0.5) is 0 Å². The fourth-order valence-electron chi connectivity index (χ4n) is 2.34. The Morgan fingerprint density at radius 2 is 2.00 bits per heavy atom. The third-order valence-corrected chi connectivity index (χ3v) is 3.21. The van der Waals surface area contributed by atoms with Crippen molar-refractivity contribution >= 4 is 0 Å². The molecule has 1 aliphatic carbocycles. The molecule has 16 heavy (non-hydrogen) atoms. The second-order valence-corrected chi connectivity index (χ2v) is 4.06. The molecule has 0 radical (unpaired) electrons. The number of rotatable bonds is 2. The number of fused-ring (bicyclic) bond motifs is 1. The van der Waals surface area contributed by atoms with Crippen LogP contribution in [0.25, 0.3) is 0 Å². The van der Waals surface area contributed by atoms with Gasteiger partial charge in [0.05, 0.1) is 12.1 Å². The molecule has 1 aromatic carbocycles. The summed E-state index contributed by atoms with van der Waals surface area (Å²) < 4.78 is 0. The van der Waals surface area contributed by atoms with E-state index in [2.05, 4.69) is 18.7 Å². The fraction of sp³-hybridized carbons (Fsp3) is 0.286. The maximum absolute atomic E-state index is 8.87. The first kappa shape index (κ1) is 10.5. The molecule has 2 heteroatoms. The molecule has 0 aliphatic heterocycles. The van der Waals surface area contributed by atoms with E-state index in [1.165, 1.54) is 11.1 Å². The van der Waals surface area contributed by atoms with Gasteiger partial charge >= 0.3 is 0 Å². The SMILES string of the molecule is C=C(C(C#N)C#N)C1CCc2ccccc21. The first-order valence-electron chi connectivity index (χ1n) is 5.33. The van der Waals surface area contributed by atoms with Crippen LogP contribution in [0.3, 0.4) is 0 Å². The molecule has 1 aromatic rings. The third-order valence-electron chi connectivity index (χ3n) is 3.21. The summed E-state index contributed by atoms with van der Waals surface area (Å²) in [4.78, 5) is 0. The topological polar surface area (TPSA) is 47.6 Å². The number of hydrogen-bond acceptors (Lipinski definition) is 2. The first-order valence-corrected chi connectivity index (χ1v) is 5.33. The van der Waals surface area contributed by atoms with Gasteiger partial charge in [-0.2, -0.15) is 10.5 Å². The minimum Gasteiger partial charge on any atom is -0.197 e. The summed E-state index contributed by atoms with van der Waals surface area (Å²) in [6.07, 6.45) is 1.99. The monoisotopic (exact) mass is 208 g/mol. The Kier molecular flexibility index (Phi) is 2.75. The van der Waals surface area contributed by atoms with Gasteiger partial charge in [-0.1, -0.05) is 30.8 Å². The molecule has 78 valence electrons. The van der Waals surface area contributed by atoms with Crippen LogP contribution in [0.15, 0.2) is 36.4 Å². The van der Waals surface area contributed by atoms with E-state index in [4.69, 9.17) is 10.5 Å². The number of nitrogens with zero attached hydrogens (tertiary/aromatic N) is 2. The summed E-state index contributed by atoms with van der Waals surface area (Å²) in [6.45, 7) is 3.93. The zero-order valence-corrected chi connectivity index (χ0v) is 8.98. The van der Waals surface area contributed by atoms with Crippen molar-refractivity contribution in [1.82, 2.24) is 0 Å². The zero-order valence-electron chi connectivity index (χ0n) is 8.98. The Hall–Kier alpha value is -2.06. The van der Waals surface area contributed by atoms with Gasteiger partial charge < -0.3 is 0 Å². The number of allylic oxidation sites excluding steroid dienone is 1. The molecule has 0 N–H and O–H groups in total. The van der Waals surface area contributed by atoms with Crippen molar-refractivity contribution in [1.29, 1.82) is 10.5 Å². The van der Waals surface area contributed by atoms with E-state index < -0.39 is 5.92 Å². The van der Waals surface area contributed by atoms with Crippen LogP contribution in [0.2, 0.25) is 0 Å². The number of aryl methyl sites for hydroxylation is 1. The number of benzene rings is 1. The normalized spacial score (nSPS) is 17.6. The van der Waals surface area contributed by atoms with E-state index in [0.29, 0.717) is 0 Å². The van der Waals surface area contributed by atoms with Crippen molar-refractivity contribution in [2.45, 2.75) is 18.8 Å². The molecule has 0 saturated carbocycles. The van der Waals surface area contributed by atoms with Crippen LogP contribution in [-0.2, 0) is 6.42 Å². The summed E-state index contributed by atoms with van der Waals surface area (Å²) in [5.41, 5.74) is 3.31. The van der Waals surface area contributed by atoms with Gasteiger partial charge in [-0.15, -0.1) is 0 Å². The highest BCUT2D eigenvalue weighted by atomic mass is 14.4. The highest BCUT2D eigenvalue weighted by Gasteiger charge is 2.28. The Balaban J connectivity index is 2.30. The quantitative estimate of drug-likeness (QED) is 0.701. The molecule has 0 saturated heterocycles. The Labute approximate surface area is 95.4 Å². The van der Waals surface area contributed by atoms with Crippen molar-refractivity contribution in [2.24, 2.45) is 5.92 Å². The molecule has 1 aliphatic rings. The van der Waals surface area contributed by atoms with Crippen LogP contribution in [0, 0.1) is 28.6 Å². The van der Waals surface area contributed by atoms with E-state index >= 15 is 0 Å². The minimum absolute atomic E-state index is 0.181. The number of hydrogen-bond donors (Lipinski definition) is 0. The summed E-state index contributed by atoms with van der Waals surface area (Å²) >= 11 is 0. The van der Waals surface area contributed by atoms with Gasteiger partial charge in [-0.25, -0.2) is 0 Å². The summed E-state index contributed by atoms with van der Waals surface area (Å²) in [7, 11) is 0. The van der Waals surface area contributed by atoms with Gasteiger partial charge in [-0.05, 0) is 29.5 Å². The van der Waals surface area contributed by atoms with Crippen molar-refractivity contribution in [3.63, 3.8) is 0 Å². The lowest BCUT2D eigenvalue weighted by molar-refractivity contribution is 0.725. The molecule has 0 heterocycles. The predicted molar refractivity (Wildman–Crippen MR) is 61.4 cm³/mol. The Bertz CT molecular complexity index is 488. The standard InChI is InChI=1S/C14H12N2/c1-10(12(8-15)9-16)13-7-6-11-4-2-3-5-14(11)13/h2-5,12-13H,1,6-7H2. The highest BCUT2D eigenvalue weighted by Crippen LogP contribution is 2.39. The Morgan fingerprint density at radius 1 is 1.31 bits per heavy atom. The predicted octanol–water partition coefficient (Wildman–Crippen LogP) is 2.94. The van der Waals surface area contributed by atoms with Crippen LogP contribution < -0.4 is 0 Å². The van der Waals surface area contributed by atoms with Gasteiger partial charge in [0.1, 0.15) is 0 Å². The fourth-order valence-corrected chi connectivity index (χ4v) is 2.34. The lowest BCUT2D eigenvalue weighted by Crippen LogP contribution is -2.06. The molecule has 0 amide bonds. The van der Waals surface area contributed by atoms with E-state index in [1.807, 2.05) is 24.3 Å². The van der Waals surface area contributed by atoms with Crippen LogP contribution >= 0.6 is 0 Å². The van der Waals surface area contributed by atoms with Gasteiger partial charge in [0.2, 0.25) is 0 Å². The zero-order chi connectivity index (χ0) is 11.5. The summed E-state index contributed by atoms with van der Waals surface area (Å²) in [5.74, 6) is -0.503. The van der Waals surface area contributed by atoms with Gasteiger partial charge in [-0.3, -0.25) is 0 Å². The highest BCUT2D eigenvalue weighted by molar-refractivity contribution is 5.42. The largest absolute Gasteiger partial charge is 0.197 e. The van der Waals surface area contributed by atoms with Crippen LogP contribution in [0.5, 0.6) is 0 Å². The molecular formula is C14H12N2. The van der Waals surface area contributed by atoms with Crippen molar-refractivity contribution < 1.29 is 0 Å². The van der Waals surface area contributed by atoms with Crippen LogP contribution in [0.1, 0.15) is 23.5 Å². The van der Waals surface area contributed by atoms with E-state index in [-0.39, 0.29) is 5.92 Å². The van der Waals surface area contributed by atoms with Crippen molar-refractivity contribution in [3.05, 3.63) is 47.5 Å². The second-order valence-electron chi connectivity index (χ2n) is 4.06. The molecule has 0 fully saturated rings. The van der Waals surface area contributed by atoms with E-state index in [9.17, 15) is 0 Å². The molecule has 0 spiro atoms. The first-order chi connectivity index (χ1) is 7.77. The minimum atomic E-state index is -0.684. The third kappa shape index (κ3) is 1.59. The Morgan fingerprint density at radius 3 is 2.69 bits per heavy atom. The molecule has 0 bridgehead atoms. The lowest BCUT2D eigenvalue weighted by atomic mass is 9.86. The van der Waals surface area contributed by atoms with Gasteiger partial charge in [0.25, 0.3) is 0 Å². The average molecular weight is 208 g/mol. The van der Waals surface area contributed by atoms with E-state index in [1.54, 1.807) is 0 Å². The van der Waals surface area contributed by atoms with Crippen molar-refractivity contribution in [3.8, 4) is 12.1 Å². The molecule has 2 rings (SSSR count). The smallest absolute Gasteiger partial charge is 0.154 e. The van der Waals surface area contributed by atoms with Gasteiger partial charge in [0, 0.05) is 5.92 Å². The molecule has 1 unspecified atom stereocenters. The molecule has 2 nitrogen and oxygen atoms in total. The maximum Gasteiger partial charge on any atom is 0.154 e. The van der Waals surface area contributed by atoms with Gasteiger partial charge in [0.15, 0.2) is 5.92 Å². The number of nitriles is 2. The summed E-state index contributed by atoms with van der Waals surface area (Å²) in [5, 5.41) is 17.7. The molecule has 0 aromatic heterocycles. The average Bonchev–Trinajstić information content (AvgIpc) is 2.74. The maximum atomic E-state index is 8.87. The lowest BCUT2D eigenvalue weighted by Gasteiger charge is -2.15. The summed E-state index contributed by atoms with van der Waals surface area (Å²) in [6, 6.07) is 12.2. The van der Waals surface area contributed by atoms with Crippen LogP contribution in [-0.4, -0.2) is 0 Å². The molecular weight excluding hydrogens is 196 g/mol. The molecule has 1 atom stereocenters. The van der Waals surface area contributed by atoms with Crippen molar-refractivity contribution in [2.75, 3.05) is 0 Å². The second kappa shape index (κ2) is 4.21.